The van der Waals surface area contributed by atoms with Crippen molar-refractivity contribution < 1.29 is 4.79 Å². The van der Waals surface area contributed by atoms with Gasteiger partial charge < -0.3 is 10.2 Å². The number of halogens is 1. The van der Waals surface area contributed by atoms with E-state index in [1.54, 1.807) is 12.3 Å². The maximum absolute atomic E-state index is 12.0. The fourth-order valence-electron chi connectivity index (χ4n) is 1.98. The lowest BCUT2D eigenvalue weighted by atomic mass is 10.1. The minimum atomic E-state index is -0.105. The summed E-state index contributed by atoms with van der Waals surface area (Å²) in [6, 6.07) is 1.90. The molecule has 1 saturated heterocycles. The molecule has 1 aromatic heterocycles. The van der Waals surface area contributed by atoms with Crippen molar-refractivity contribution in [1.29, 1.82) is 0 Å². The van der Waals surface area contributed by atoms with Crippen LogP contribution in [0.2, 0.25) is 5.02 Å². The van der Waals surface area contributed by atoms with Crippen molar-refractivity contribution in [2.45, 2.75) is 18.9 Å². The number of nitrogens with zero attached hydrogens (tertiary/aromatic N) is 2. The molecule has 2 heterocycles. The minimum Gasteiger partial charge on any atom is -0.349 e. The number of pyridine rings is 1. The quantitative estimate of drug-likeness (QED) is 0.870. The highest BCUT2D eigenvalue weighted by Crippen LogP contribution is 2.15. The second kappa shape index (κ2) is 5.47. The van der Waals surface area contributed by atoms with E-state index in [9.17, 15) is 4.79 Å². The molecule has 0 radical (unpaired) electrons. The number of aromatic nitrogens is 1. The Labute approximate surface area is 106 Å². The van der Waals surface area contributed by atoms with Crippen molar-refractivity contribution in [1.82, 2.24) is 15.2 Å². The molecule has 17 heavy (non-hydrogen) atoms. The Hall–Kier alpha value is -1.13. The van der Waals surface area contributed by atoms with Gasteiger partial charge in [-0.2, -0.15) is 0 Å². The number of likely N-dealkylation sites (tertiary alicyclic amines) is 1. The molecule has 92 valence electrons. The SMILES string of the molecule is CN1CCC(NC(=O)c2ccncc2Cl)CC1. The summed E-state index contributed by atoms with van der Waals surface area (Å²) in [6.07, 6.45) is 5.05. The first-order valence-electron chi connectivity index (χ1n) is 5.76. The summed E-state index contributed by atoms with van der Waals surface area (Å²) in [7, 11) is 2.10. The van der Waals surface area contributed by atoms with Crippen molar-refractivity contribution in [2.75, 3.05) is 20.1 Å². The van der Waals surface area contributed by atoms with Crippen LogP contribution in [0.25, 0.3) is 0 Å². The summed E-state index contributed by atoms with van der Waals surface area (Å²) in [6.45, 7) is 2.05. The first kappa shape index (κ1) is 12.3. The third-order valence-corrected chi connectivity index (χ3v) is 3.37. The molecule has 1 aliphatic rings. The van der Waals surface area contributed by atoms with Gasteiger partial charge in [-0.1, -0.05) is 11.6 Å². The summed E-state index contributed by atoms with van der Waals surface area (Å²) in [5.41, 5.74) is 0.501. The van der Waals surface area contributed by atoms with Crippen molar-refractivity contribution in [3.05, 3.63) is 29.0 Å². The molecule has 1 amide bonds. The van der Waals surface area contributed by atoms with E-state index in [-0.39, 0.29) is 11.9 Å². The Morgan fingerprint density at radius 3 is 2.88 bits per heavy atom. The predicted octanol–water partition coefficient (Wildman–Crippen LogP) is 1.56. The number of carbonyl (C=O) groups is 1. The monoisotopic (exact) mass is 253 g/mol. The summed E-state index contributed by atoms with van der Waals surface area (Å²) < 4.78 is 0. The van der Waals surface area contributed by atoms with Gasteiger partial charge >= 0.3 is 0 Å². The zero-order chi connectivity index (χ0) is 12.3. The van der Waals surface area contributed by atoms with Gasteiger partial charge in [0, 0.05) is 18.4 Å². The van der Waals surface area contributed by atoms with Crippen LogP contribution >= 0.6 is 11.6 Å². The number of nitrogens with one attached hydrogen (secondary N) is 1. The molecule has 0 bridgehead atoms. The van der Waals surface area contributed by atoms with Crippen LogP contribution in [0.1, 0.15) is 23.2 Å². The number of amides is 1. The zero-order valence-corrected chi connectivity index (χ0v) is 10.6. The summed E-state index contributed by atoms with van der Waals surface area (Å²) >= 11 is 5.93. The van der Waals surface area contributed by atoms with Crippen LogP contribution in [0.15, 0.2) is 18.5 Å². The molecule has 5 heteroatoms. The smallest absolute Gasteiger partial charge is 0.253 e. The lowest BCUT2D eigenvalue weighted by Crippen LogP contribution is -2.43. The van der Waals surface area contributed by atoms with Crippen LogP contribution in [0.5, 0.6) is 0 Å². The molecule has 0 spiro atoms. The minimum absolute atomic E-state index is 0.105. The van der Waals surface area contributed by atoms with Gasteiger partial charge in [0.25, 0.3) is 5.91 Å². The fourth-order valence-corrected chi connectivity index (χ4v) is 2.18. The zero-order valence-electron chi connectivity index (χ0n) is 9.82. The standard InChI is InChI=1S/C12H16ClN3O/c1-16-6-3-9(4-7-16)15-12(17)10-2-5-14-8-11(10)13/h2,5,8-9H,3-4,6-7H2,1H3,(H,15,17). The molecule has 0 atom stereocenters. The van der Waals surface area contributed by atoms with Crippen molar-refractivity contribution in [3.63, 3.8) is 0 Å². The van der Waals surface area contributed by atoms with Gasteiger partial charge in [-0.25, -0.2) is 0 Å². The number of rotatable bonds is 2. The fraction of sp³-hybridized carbons (Fsp3) is 0.500. The second-order valence-electron chi connectivity index (χ2n) is 4.41. The Bertz CT molecular complexity index is 402. The molecule has 0 unspecified atom stereocenters. The summed E-state index contributed by atoms with van der Waals surface area (Å²) in [5.74, 6) is -0.105. The van der Waals surface area contributed by atoms with Gasteiger partial charge in [0.1, 0.15) is 0 Å². The topological polar surface area (TPSA) is 45.2 Å². The van der Waals surface area contributed by atoms with Crippen LogP contribution in [-0.2, 0) is 0 Å². The molecule has 0 aliphatic carbocycles. The molecule has 1 aliphatic heterocycles. The number of hydrogen-bond donors (Lipinski definition) is 1. The highest BCUT2D eigenvalue weighted by molar-refractivity contribution is 6.33. The van der Waals surface area contributed by atoms with Crippen LogP contribution in [0, 0.1) is 0 Å². The van der Waals surface area contributed by atoms with E-state index < -0.39 is 0 Å². The van der Waals surface area contributed by atoms with Gasteiger partial charge in [0.2, 0.25) is 0 Å². The van der Waals surface area contributed by atoms with E-state index in [1.165, 1.54) is 6.20 Å². The summed E-state index contributed by atoms with van der Waals surface area (Å²) in [5, 5.41) is 3.42. The van der Waals surface area contributed by atoms with E-state index in [0.717, 1.165) is 25.9 Å². The first-order chi connectivity index (χ1) is 8.16. The van der Waals surface area contributed by atoms with Gasteiger partial charge in [-0.3, -0.25) is 9.78 Å². The molecule has 0 aromatic carbocycles. The summed E-state index contributed by atoms with van der Waals surface area (Å²) in [4.78, 5) is 18.1. The molecular weight excluding hydrogens is 238 g/mol. The molecule has 1 aromatic rings. The Morgan fingerprint density at radius 1 is 1.53 bits per heavy atom. The van der Waals surface area contributed by atoms with Gasteiger partial charge in [-0.05, 0) is 39.0 Å². The van der Waals surface area contributed by atoms with E-state index in [1.807, 2.05) is 0 Å². The highest BCUT2D eigenvalue weighted by atomic mass is 35.5. The molecule has 1 fully saturated rings. The third kappa shape index (κ3) is 3.17. The third-order valence-electron chi connectivity index (χ3n) is 3.07. The lowest BCUT2D eigenvalue weighted by Gasteiger charge is -2.29. The van der Waals surface area contributed by atoms with E-state index in [2.05, 4.69) is 22.2 Å². The second-order valence-corrected chi connectivity index (χ2v) is 4.81. The number of piperidine rings is 1. The predicted molar refractivity (Wildman–Crippen MR) is 67.2 cm³/mol. The Balaban J connectivity index is 1.96. The average Bonchev–Trinajstić information content (AvgIpc) is 2.32. The average molecular weight is 254 g/mol. The number of hydrogen-bond acceptors (Lipinski definition) is 3. The van der Waals surface area contributed by atoms with Gasteiger partial charge in [-0.15, -0.1) is 0 Å². The first-order valence-corrected chi connectivity index (χ1v) is 6.13. The maximum Gasteiger partial charge on any atom is 0.253 e. The van der Waals surface area contributed by atoms with Gasteiger partial charge in [0.15, 0.2) is 0 Å². The van der Waals surface area contributed by atoms with Crippen LogP contribution in [0.3, 0.4) is 0 Å². The van der Waals surface area contributed by atoms with Crippen molar-refractivity contribution >= 4 is 17.5 Å². The van der Waals surface area contributed by atoms with E-state index >= 15 is 0 Å². The largest absolute Gasteiger partial charge is 0.349 e. The molecule has 2 rings (SSSR count). The molecule has 0 saturated carbocycles. The Kier molecular flexibility index (Phi) is 3.97. The Morgan fingerprint density at radius 2 is 2.24 bits per heavy atom. The molecular formula is C12H16ClN3O. The van der Waals surface area contributed by atoms with E-state index in [4.69, 9.17) is 11.6 Å². The van der Waals surface area contributed by atoms with Gasteiger partial charge in [0.05, 0.1) is 10.6 Å². The van der Waals surface area contributed by atoms with Crippen molar-refractivity contribution in [3.8, 4) is 0 Å². The van der Waals surface area contributed by atoms with Crippen LogP contribution in [-0.4, -0.2) is 42.0 Å². The normalized spacial score (nSPS) is 18.0. The van der Waals surface area contributed by atoms with E-state index in [0.29, 0.717) is 10.6 Å². The molecule has 1 N–H and O–H groups in total. The highest BCUT2D eigenvalue weighted by Gasteiger charge is 2.19. The van der Waals surface area contributed by atoms with Crippen LogP contribution in [0.4, 0.5) is 0 Å². The number of carbonyl (C=O) groups excluding carboxylic acids is 1. The van der Waals surface area contributed by atoms with Crippen molar-refractivity contribution in [2.24, 2.45) is 0 Å². The lowest BCUT2D eigenvalue weighted by molar-refractivity contribution is 0.0917. The molecule has 4 nitrogen and oxygen atoms in total. The van der Waals surface area contributed by atoms with Crippen LogP contribution < -0.4 is 5.32 Å². The maximum atomic E-state index is 12.0.